The minimum Gasteiger partial charge on any atom is -0.326 e. The van der Waals surface area contributed by atoms with E-state index < -0.39 is 10.0 Å². The van der Waals surface area contributed by atoms with Crippen molar-refractivity contribution in [3.63, 3.8) is 0 Å². The zero-order chi connectivity index (χ0) is 14.2. The predicted molar refractivity (Wildman–Crippen MR) is 82.2 cm³/mol. The molecule has 0 amide bonds. The molecule has 2 aromatic rings. The molecule has 1 aromatic heterocycles. The highest BCUT2D eigenvalue weighted by Gasteiger charge is 2.25. The maximum atomic E-state index is 12.5. The van der Waals surface area contributed by atoms with Crippen LogP contribution in [0, 0.1) is 5.92 Å². The van der Waals surface area contributed by atoms with Gasteiger partial charge >= 0.3 is 0 Å². The van der Waals surface area contributed by atoms with Crippen molar-refractivity contribution in [2.45, 2.75) is 30.7 Å². The molecule has 0 bridgehead atoms. The quantitative estimate of drug-likeness (QED) is 0.861. The van der Waals surface area contributed by atoms with Gasteiger partial charge in [0, 0.05) is 28.1 Å². The Morgan fingerprint density at radius 3 is 2.75 bits per heavy atom. The van der Waals surface area contributed by atoms with Crippen molar-refractivity contribution < 1.29 is 8.42 Å². The highest BCUT2D eigenvalue weighted by molar-refractivity contribution is 7.90. The minimum absolute atomic E-state index is 0.248. The molecule has 0 saturated heterocycles. The van der Waals surface area contributed by atoms with E-state index in [0.29, 0.717) is 17.4 Å². The molecule has 20 heavy (non-hydrogen) atoms. The zero-order valence-corrected chi connectivity index (χ0v) is 12.8. The molecular weight excluding hydrogens is 292 g/mol. The number of nitrogens with two attached hydrogens (primary N) is 1. The molecule has 1 aliphatic rings. The molecule has 3 N–H and O–H groups in total. The smallest absolute Gasteiger partial charge is 0.242 e. The molecule has 0 unspecified atom stereocenters. The third-order valence-electron chi connectivity index (χ3n) is 3.61. The fraction of sp³-hybridized carbons (Fsp3) is 0.429. The maximum Gasteiger partial charge on any atom is 0.242 e. The van der Waals surface area contributed by atoms with Crippen molar-refractivity contribution in [3.05, 3.63) is 29.1 Å². The van der Waals surface area contributed by atoms with Crippen LogP contribution in [0.2, 0.25) is 0 Å². The first-order valence-electron chi connectivity index (χ1n) is 6.82. The van der Waals surface area contributed by atoms with E-state index in [4.69, 9.17) is 5.73 Å². The van der Waals surface area contributed by atoms with Crippen LogP contribution in [0.3, 0.4) is 0 Å². The summed E-state index contributed by atoms with van der Waals surface area (Å²) in [6.45, 7) is 0.763. The van der Waals surface area contributed by atoms with Gasteiger partial charge in [0.2, 0.25) is 10.0 Å². The van der Waals surface area contributed by atoms with Crippen LogP contribution in [-0.2, 0) is 16.6 Å². The normalized spacial score (nSPS) is 15.8. The minimum atomic E-state index is -3.47. The van der Waals surface area contributed by atoms with Gasteiger partial charge in [-0.05, 0) is 18.4 Å². The number of hydrogen-bond acceptors (Lipinski definition) is 4. The number of hydrogen-bond donors (Lipinski definition) is 2. The molecule has 6 heteroatoms. The van der Waals surface area contributed by atoms with Gasteiger partial charge in [0.15, 0.2) is 0 Å². The summed E-state index contributed by atoms with van der Waals surface area (Å²) in [7, 11) is -3.47. The summed E-state index contributed by atoms with van der Waals surface area (Å²) in [6, 6.07) is 7.55. The summed E-state index contributed by atoms with van der Waals surface area (Å²) in [5, 5.41) is 0.775. The van der Waals surface area contributed by atoms with E-state index in [0.717, 1.165) is 21.4 Å². The van der Waals surface area contributed by atoms with Gasteiger partial charge < -0.3 is 5.73 Å². The molecule has 1 heterocycles. The van der Waals surface area contributed by atoms with Crippen molar-refractivity contribution in [2.24, 2.45) is 11.7 Å². The van der Waals surface area contributed by atoms with E-state index in [1.807, 2.05) is 24.3 Å². The molecule has 4 nitrogen and oxygen atoms in total. The Morgan fingerprint density at radius 1 is 1.30 bits per heavy atom. The summed E-state index contributed by atoms with van der Waals surface area (Å²) in [6.07, 6.45) is 3.40. The van der Waals surface area contributed by atoms with Crippen LogP contribution in [0.5, 0.6) is 0 Å². The summed E-state index contributed by atoms with van der Waals surface area (Å²) >= 11 is 1.46. The summed E-state index contributed by atoms with van der Waals surface area (Å²) in [5.74, 6) is 0.714. The fourth-order valence-corrected chi connectivity index (χ4v) is 5.26. The molecule has 1 fully saturated rings. The molecule has 3 rings (SSSR count). The number of thiophene rings is 1. The lowest BCUT2D eigenvalue weighted by atomic mass is 10.2. The second-order valence-electron chi connectivity index (χ2n) is 5.18. The first-order chi connectivity index (χ1) is 9.62. The standard InChI is InChI=1S/C14H18N2O2S2/c15-9-13-14(11-3-1-2-4-12(11)19-13)20(17,18)16-8-7-10-5-6-10/h1-4,10,16H,5-9,15H2. The number of nitrogens with one attached hydrogen (secondary N) is 1. The molecule has 0 radical (unpaired) electrons. The second kappa shape index (κ2) is 5.44. The zero-order valence-electron chi connectivity index (χ0n) is 11.1. The lowest BCUT2D eigenvalue weighted by Gasteiger charge is -2.07. The number of benzene rings is 1. The number of sulfonamides is 1. The Morgan fingerprint density at radius 2 is 2.05 bits per heavy atom. The molecule has 1 aromatic carbocycles. The first-order valence-corrected chi connectivity index (χ1v) is 9.12. The average molecular weight is 310 g/mol. The predicted octanol–water partition coefficient (Wildman–Crippen LogP) is 2.44. The van der Waals surface area contributed by atoms with E-state index in [1.54, 1.807) is 0 Å². The van der Waals surface area contributed by atoms with Crippen LogP contribution >= 0.6 is 11.3 Å². The molecular formula is C14H18N2O2S2. The Hall–Kier alpha value is -0.950. The Balaban J connectivity index is 1.93. The van der Waals surface area contributed by atoms with Gasteiger partial charge in [-0.1, -0.05) is 31.0 Å². The van der Waals surface area contributed by atoms with Gasteiger partial charge in [-0.15, -0.1) is 11.3 Å². The van der Waals surface area contributed by atoms with Gasteiger partial charge in [-0.3, -0.25) is 0 Å². The summed E-state index contributed by atoms with van der Waals surface area (Å²) < 4.78 is 28.7. The van der Waals surface area contributed by atoms with E-state index >= 15 is 0 Å². The van der Waals surface area contributed by atoms with Crippen LogP contribution in [0.4, 0.5) is 0 Å². The van der Waals surface area contributed by atoms with Gasteiger partial charge in [0.05, 0.1) is 0 Å². The molecule has 1 saturated carbocycles. The molecule has 0 spiro atoms. The Labute approximate surface area is 123 Å². The SMILES string of the molecule is NCc1sc2ccccc2c1S(=O)(=O)NCCC1CC1. The molecule has 0 aliphatic heterocycles. The maximum absolute atomic E-state index is 12.5. The van der Waals surface area contributed by atoms with E-state index in [9.17, 15) is 8.42 Å². The fourth-order valence-electron chi connectivity index (χ4n) is 2.38. The molecule has 0 atom stereocenters. The van der Waals surface area contributed by atoms with Crippen LogP contribution in [0.1, 0.15) is 24.1 Å². The van der Waals surface area contributed by atoms with Crippen LogP contribution in [-0.4, -0.2) is 15.0 Å². The lowest BCUT2D eigenvalue weighted by molar-refractivity contribution is 0.575. The van der Waals surface area contributed by atoms with Gasteiger partial charge in [0.25, 0.3) is 0 Å². The Bertz CT molecular complexity index is 718. The van der Waals surface area contributed by atoms with Crippen LogP contribution in [0.25, 0.3) is 10.1 Å². The molecule has 108 valence electrons. The van der Waals surface area contributed by atoms with Crippen molar-refractivity contribution in [2.75, 3.05) is 6.54 Å². The van der Waals surface area contributed by atoms with Crippen molar-refractivity contribution >= 4 is 31.4 Å². The van der Waals surface area contributed by atoms with Crippen molar-refractivity contribution in [1.29, 1.82) is 0 Å². The van der Waals surface area contributed by atoms with E-state index in [-0.39, 0.29) is 6.54 Å². The topological polar surface area (TPSA) is 72.2 Å². The van der Waals surface area contributed by atoms with E-state index in [2.05, 4.69) is 4.72 Å². The van der Waals surface area contributed by atoms with Crippen molar-refractivity contribution in [3.8, 4) is 0 Å². The van der Waals surface area contributed by atoms with E-state index in [1.165, 1.54) is 24.2 Å². The summed E-state index contributed by atoms with van der Waals surface area (Å²) in [5.41, 5.74) is 5.72. The third-order valence-corrected chi connectivity index (χ3v) is 6.52. The monoisotopic (exact) mass is 310 g/mol. The number of fused-ring (bicyclic) bond motifs is 1. The van der Waals surface area contributed by atoms with Crippen molar-refractivity contribution in [1.82, 2.24) is 4.72 Å². The number of rotatable bonds is 6. The Kier molecular flexibility index (Phi) is 3.81. The van der Waals surface area contributed by atoms with Gasteiger partial charge in [0.1, 0.15) is 4.90 Å². The highest BCUT2D eigenvalue weighted by Crippen LogP contribution is 2.35. The van der Waals surface area contributed by atoms with Crippen LogP contribution < -0.4 is 10.5 Å². The highest BCUT2D eigenvalue weighted by atomic mass is 32.2. The first kappa shape index (κ1) is 14.0. The van der Waals surface area contributed by atoms with Crippen LogP contribution in [0.15, 0.2) is 29.2 Å². The average Bonchev–Trinajstić information content (AvgIpc) is 3.16. The molecule has 1 aliphatic carbocycles. The van der Waals surface area contributed by atoms with Gasteiger partial charge in [-0.2, -0.15) is 0 Å². The largest absolute Gasteiger partial charge is 0.326 e. The third kappa shape index (κ3) is 2.74. The lowest BCUT2D eigenvalue weighted by Crippen LogP contribution is -2.26. The second-order valence-corrected chi connectivity index (χ2v) is 8.03. The van der Waals surface area contributed by atoms with Gasteiger partial charge in [-0.25, -0.2) is 13.1 Å². The summed E-state index contributed by atoms with van der Waals surface area (Å²) in [4.78, 5) is 1.10.